The molecular weight excluding hydrogens is 447 g/mol. The van der Waals surface area contributed by atoms with Crippen LogP contribution < -0.4 is 11.1 Å². The number of rotatable bonds is 7. The number of aliphatic hydroxyl groups excluding tert-OH is 2. The average Bonchev–Trinajstić information content (AvgIpc) is 3.17. The lowest BCUT2D eigenvalue weighted by Crippen LogP contribution is -2.40. The molecule has 14 nitrogen and oxygen atoms in total. The molecule has 166 valence electrons. The molecule has 2 aromatic rings. The Hall–Kier alpha value is -1.90. The molecule has 1 unspecified atom stereocenters. The van der Waals surface area contributed by atoms with Gasteiger partial charge in [-0.1, -0.05) is 0 Å². The number of anilines is 1. The van der Waals surface area contributed by atoms with Gasteiger partial charge in [-0.05, 0) is 18.5 Å². The molecule has 3 heterocycles. The Morgan fingerprint density at radius 2 is 2.13 bits per heavy atom. The van der Waals surface area contributed by atoms with Crippen LogP contribution in [0.3, 0.4) is 0 Å². The number of nitrogen functional groups attached to an aromatic ring is 1. The largest absolute Gasteiger partial charge is 0.387 e. The number of fused-ring (bicyclic) bond motifs is 1. The monoisotopic (exact) mass is 466 g/mol. The van der Waals surface area contributed by atoms with E-state index in [0.717, 1.165) is 0 Å². The van der Waals surface area contributed by atoms with Crippen LogP contribution in [0.2, 0.25) is 5.28 Å². The fraction of sp³-hybridized carbons (Fsp3) is 0.571. The number of carbonyl (C=O) groups excluding carboxylic acids is 1. The molecule has 1 aliphatic rings. The summed E-state index contributed by atoms with van der Waals surface area (Å²) in [5.41, 5.74) is 6.07. The van der Waals surface area contributed by atoms with E-state index in [1.807, 2.05) is 0 Å². The van der Waals surface area contributed by atoms with E-state index in [1.54, 1.807) is 6.92 Å². The molecular formula is C14H20ClN6O8P. The summed E-state index contributed by atoms with van der Waals surface area (Å²) in [5, 5.41) is 22.8. The predicted molar refractivity (Wildman–Crippen MR) is 101 cm³/mol. The number of nitrogens with zero attached hydrogens (tertiary/aromatic N) is 4. The van der Waals surface area contributed by atoms with Gasteiger partial charge >= 0.3 is 7.60 Å². The lowest BCUT2D eigenvalue weighted by atomic mass is 10.1. The van der Waals surface area contributed by atoms with Crippen LogP contribution in [0.15, 0.2) is 6.33 Å². The molecule has 0 bridgehead atoms. The van der Waals surface area contributed by atoms with Crippen LogP contribution in [-0.2, 0) is 18.8 Å². The Morgan fingerprint density at radius 1 is 1.43 bits per heavy atom. The number of aliphatic hydroxyl groups is 2. The Bertz CT molecular complexity index is 985. The molecule has 0 saturated carbocycles. The number of amides is 1. The number of hydrogen-bond acceptors (Lipinski definition) is 10. The number of hydrogen-bond donors (Lipinski definition) is 6. The Morgan fingerprint density at radius 3 is 2.77 bits per heavy atom. The predicted octanol–water partition coefficient (Wildman–Crippen LogP) is -1.66. The third-order valence-corrected chi connectivity index (χ3v) is 5.50. The Labute approximate surface area is 174 Å². The molecule has 0 aliphatic carbocycles. The van der Waals surface area contributed by atoms with Gasteiger partial charge in [0.15, 0.2) is 17.7 Å². The second-order valence-corrected chi connectivity index (χ2v) is 8.40. The standard InChI is InChI=1S/C14H20ClN6O8P/c1-2-17-11(24)13(30(25,26)27)28-3-5-7(22)8(23)12(29-5)21-4-18-6-9(16)19-14(15)20-10(6)21/h4-5,7-8,12-13,22-23H,2-3H2,1H3,(H,17,24)(H2,16,19,20)(H2,25,26,27)/t5-,7-,8-,12-,13?/m1/s1. The van der Waals surface area contributed by atoms with Crippen molar-refractivity contribution in [2.75, 3.05) is 18.9 Å². The van der Waals surface area contributed by atoms with Crippen molar-refractivity contribution in [1.82, 2.24) is 24.8 Å². The zero-order valence-corrected chi connectivity index (χ0v) is 17.1. The van der Waals surface area contributed by atoms with Gasteiger partial charge < -0.3 is 40.5 Å². The van der Waals surface area contributed by atoms with E-state index in [0.29, 0.717) is 0 Å². The number of aromatic nitrogens is 4. The van der Waals surface area contributed by atoms with Gasteiger partial charge in [0.1, 0.15) is 23.8 Å². The molecule has 7 N–H and O–H groups in total. The number of ether oxygens (including phenoxy) is 2. The third kappa shape index (κ3) is 4.40. The fourth-order valence-electron chi connectivity index (χ4n) is 2.97. The van der Waals surface area contributed by atoms with Gasteiger partial charge in [0, 0.05) is 6.54 Å². The normalized spacial score (nSPS) is 25.5. The van der Waals surface area contributed by atoms with Crippen molar-refractivity contribution in [3.05, 3.63) is 11.6 Å². The topological polar surface area (TPSA) is 215 Å². The maximum atomic E-state index is 11.9. The molecule has 2 aromatic heterocycles. The van der Waals surface area contributed by atoms with E-state index in [9.17, 15) is 29.4 Å². The first kappa shape index (κ1) is 22.8. The minimum atomic E-state index is -4.96. The maximum absolute atomic E-state index is 11.9. The first-order valence-corrected chi connectivity index (χ1v) is 10.7. The summed E-state index contributed by atoms with van der Waals surface area (Å²) in [6.07, 6.45) is -4.15. The second kappa shape index (κ2) is 8.69. The van der Waals surface area contributed by atoms with E-state index in [4.69, 9.17) is 26.8 Å². The van der Waals surface area contributed by atoms with Crippen molar-refractivity contribution in [3.8, 4) is 0 Å². The molecule has 1 saturated heterocycles. The van der Waals surface area contributed by atoms with Gasteiger partial charge in [-0.25, -0.2) is 4.98 Å². The smallest absolute Gasteiger partial charge is 0.363 e. The van der Waals surface area contributed by atoms with Crippen molar-refractivity contribution in [3.63, 3.8) is 0 Å². The van der Waals surface area contributed by atoms with Gasteiger partial charge in [-0.15, -0.1) is 0 Å². The van der Waals surface area contributed by atoms with Crippen LogP contribution in [0.1, 0.15) is 13.2 Å². The van der Waals surface area contributed by atoms with E-state index in [1.165, 1.54) is 10.9 Å². The van der Waals surface area contributed by atoms with E-state index >= 15 is 0 Å². The summed E-state index contributed by atoms with van der Waals surface area (Å²) in [5.74, 6) is -3.11. The van der Waals surface area contributed by atoms with Gasteiger partial charge in [-0.2, -0.15) is 9.97 Å². The number of nitrogens with two attached hydrogens (primary N) is 1. The average molecular weight is 467 g/mol. The van der Waals surface area contributed by atoms with Gasteiger partial charge in [-0.3, -0.25) is 13.9 Å². The van der Waals surface area contributed by atoms with Crippen LogP contribution in [0.4, 0.5) is 5.82 Å². The Balaban J connectivity index is 1.79. The first-order valence-electron chi connectivity index (χ1n) is 8.66. The molecule has 30 heavy (non-hydrogen) atoms. The van der Waals surface area contributed by atoms with Gasteiger partial charge in [0.25, 0.3) is 5.91 Å². The van der Waals surface area contributed by atoms with Crippen molar-refractivity contribution < 1.29 is 38.8 Å². The zero-order chi connectivity index (χ0) is 22.2. The zero-order valence-electron chi connectivity index (χ0n) is 15.5. The summed E-state index contributed by atoms with van der Waals surface area (Å²) in [6, 6.07) is 0. The number of likely N-dealkylation sites (N-methyl/N-ethyl adjacent to an activating group) is 1. The molecule has 1 amide bonds. The van der Waals surface area contributed by atoms with E-state index in [2.05, 4.69) is 20.3 Å². The highest BCUT2D eigenvalue weighted by Crippen LogP contribution is 2.42. The summed E-state index contributed by atoms with van der Waals surface area (Å²) in [6.45, 7) is 1.10. The first-order chi connectivity index (χ1) is 14.0. The second-order valence-electron chi connectivity index (χ2n) is 6.42. The van der Waals surface area contributed by atoms with Crippen LogP contribution in [0, 0.1) is 0 Å². The summed E-state index contributed by atoms with van der Waals surface area (Å²) < 4.78 is 23.5. The third-order valence-electron chi connectivity index (χ3n) is 4.33. The minimum Gasteiger partial charge on any atom is -0.387 e. The highest BCUT2D eigenvalue weighted by atomic mass is 35.5. The molecule has 5 atom stereocenters. The van der Waals surface area contributed by atoms with Crippen molar-refractivity contribution in [1.29, 1.82) is 0 Å². The quantitative estimate of drug-likeness (QED) is 0.199. The van der Waals surface area contributed by atoms with Crippen molar-refractivity contribution in [2.24, 2.45) is 0 Å². The molecule has 3 rings (SSSR count). The lowest BCUT2D eigenvalue weighted by Gasteiger charge is -2.21. The number of nitrogens with one attached hydrogen (secondary N) is 1. The summed E-state index contributed by atoms with van der Waals surface area (Å²) in [7, 11) is -4.96. The highest BCUT2D eigenvalue weighted by molar-refractivity contribution is 7.53. The van der Waals surface area contributed by atoms with Crippen LogP contribution in [0.25, 0.3) is 11.2 Å². The molecule has 1 fully saturated rings. The van der Waals surface area contributed by atoms with E-state index < -0.39 is 50.5 Å². The number of imidazole rings is 1. The molecule has 1 aliphatic heterocycles. The lowest BCUT2D eigenvalue weighted by molar-refractivity contribution is -0.132. The van der Waals surface area contributed by atoms with Crippen LogP contribution >= 0.6 is 19.2 Å². The Kier molecular flexibility index (Phi) is 6.60. The van der Waals surface area contributed by atoms with Crippen LogP contribution in [0.5, 0.6) is 0 Å². The van der Waals surface area contributed by atoms with Gasteiger partial charge in [0.05, 0.1) is 12.9 Å². The molecule has 0 aromatic carbocycles. The molecule has 0 radical (unpaired) electrons. The molecule has 16 heteroatoms. The van der Waals surface area contributed by atoms with Crippen LogP contribution in [-0.4, -0.2) is 82.7 Å². The van der Waals surface area contributed by atoms with Crippen molar-refractivity contribution >= 4 is 42.1 Å². The van der Waals surface area contributed by atoms with Crippen molar-refractivity contribution in [2.45, 2.75) is 37.3 Å². The fourth-order valence-corrected chi connectivity index (χ4v) is 3.81. The number of carbonyl (C=O) groups is 1. The summed E-state index contributed by atoms with van der Waals surface area (Å²) in [4.78, 5) is 42.4. The minimum absolute atomic E-state index is 0.00286. The maximum Gasteiger partial charge on any atom is 0.363 e. The SMILES string of the molecule is CCNC(=O)C(OC[C@H]1O[C@@H](n2cnc3c(N)nc(Cl)nc32)[C@H](O)[C@@H]1O)P(=O)(O)O. The highest BCUT2D eigenvalue weighted by Gasteiger charge is 2.46. The van der Waals surface area contributed by atoms with E-state index in [-0.39, 0.29) is 28.8 Å². The number of halogens is 1. The van der Waals surface area contributed by atoms with Gasteiger partial charge in [0.2, 0.25) is 11.1 Å². The molecule has 0 spiro atoms. The summed E-state index contributed by atoms with van der Waals surface area (Å²) >= 11 is 5.81.